The number of nitrogens with zero attached hydrogens (tertiary/aromatic N) is 2. The Morgan fingerprint density at radius 3 is 2.06 bits per heavy atom. The number of benzene rings is 1. The summed E-state index contributed by atoms with van der Waals surface area (Å²) in [6.07, 6.45) is -0.739. The van der Waals surface area contributed by atoms with Crippen LogP contribution in [0.1, 0.15) is 67.0 Å². The number of carbonyl (C=O) groups excluding carboxylic acids is 3. The standard InChI is InChI=1S/C24H36N4O4/c1-16(2)18(26-22(31)32-24(6,7)8)21(30)28(15-14-25)19(17-12-10-9-11-13-17)20(29)27-23(3,4)5/h9-13,16,18-19H,15H2,1-8H3,(H,26,31)(H,27,29). The maximum Gasteiger partial charge on any atom is 0.408 e. The average molecular weight is 445 g/mol. The molecule has 2 unspecified atom stereocenters. The third kappa shape index (κ3) is 8.58. The van der Waals surface area contributed by atoms with E-state index in [0.717, 1.165) is 0 Å². The summed E-state index contributed by atoms with van der Waals surface area (Å²) in [6.45, 7) is 13.9. The van der Waals surface area contributed by atoms with Crippen molar-refractivity contribution < 1.29 is 19.1 Å². The molecule has 1 aromatic carbocycles. The van der Waals surface area contributed by atoms with Crippen molar-refractivity contribution >= 4 is 17.9 Å². The molecule has 3 amide bonds. The van der Waals surface area contributed by atoms with E-state index in [1.807, 2.05) is 26.8 Å². The predicted molar refractivity (Wildman–Crippen MR) is 122 cm³/mol. The Hall–Kier alpha value is -3.08. The lowest BCUT2D eigenvalue weighted by Gasteiger charge is -2.35. The predicted octanol–water partition coefficient (Wildman–Crippen LogP) is 3.54. The van der Waals surface area contributed by atoms with Crippen LogP contribution in [0, 0.1) is 17.2 Å². The van der Waals surface area contributed by atoms with Gasteiger partial charge in [0.2, 0.25) is 11.8 Å². The van der Waals surface area contributed by atoms with Gasteiger partial charge in [0.1, 0.15) is 24.2 Å². The van der Waals surface area contributed by atoms with Crippen molar-refractivity contribution in [1.29, 1.82) is 5.26 Å². The number of nitrogens with one attached hydrogen (secondary N) is 2. The van der Waals surface area contributed by atoms with Crippen LogP contribution >= 0.6 is 0 Å². The molecule has 2 N–H and O–H groups in total. The second-order valence-corrected chi connectivity index (χ2v) is 10.0. The van der Waals surface area contributed by atoms with Gasteiger partial charge in [0.05, 0.1) is 6.07 Å². The van der Waals surface area contributed by atoms with E-state index in [4.69, 9.17) is 4.74 Å². The van der Waals surface area contributed by atoms with Crippen LogP contribution in [-0.2, 0) is 14.3 Å². The smallest absolute Gasteiger partial charge is 0.408 e. The number of nitriles is 1. The molecule has 0 bridgehead atoms. The van der Waals surface area contributed by atoms with Crippen LogP contribution in [0.5, 0.6) is 0 Å². The SMILES string of the molecule is CC(C)C(NC(=O)OC(C)(C)C)C(=O)N(CC#N)C(C(=O)NC(C)(C)C)c1ccccc1. The van der Waals surface area contributed by atoms with Crippen LogP contribution in [0.15, 0.2) is 30.3 Å². The van der Waals surface area contributed by atoms with E-state index < -0.39 is 41.1 Å². The van der Waals surface area contributed by atoms with Gasteiger partial charge >= 0.3 is 6.09 Å². The molecule has 0 saturated carbocycles. The number of carbonyl (C=O) groups is 3. The lowest BCUT2D eigenvalue weighted by molar-refractivity contribution is -0.143. The topological polar surface area (TPSA) is 112 Å². The van der Waals surface area contributed by atoms with Crippen LogP contribution in [-0.4, -0.2) is 46.5 Å². The van der Waals surface area contributed by atoms with Gasteiger partial charge in [-0.1, -0.05) is 44.2 Å². The zero-order valence-electron chi connectivity index (χ0n) is 20.4. The Kier molecular flexibility index (Phi) is 9.25. The molecule has 8 heteroatoms. The van der Waals surface area contributed by atoms with Gasteiger partial charge in [-0.2, -0.15) is 5.26 Å². The van der Waals surface area contributed by atoms with E-state index in [2.05, 4.69) is 10.6 Å². The lowest BCUT2D eigenvalue weighted by Crippen LogP contribution is -2.56. The first-order chi connectivity index (χ1) is 14.7. The molecule has 0 spiro atoms. The molecule has 176 valence electrons. The Labute approximate surface area is 191 Å². The van der Waals surface area contributed by atoms with Gasteiger partial charge in [-0.3, -0.25) is 9.59 Å². The zero-order chi connectivity index (χ0) is 24.7. The quantitative estimate of drug-likeness (QED) is 0.625. The van der Waals surface area contributed by atoms with Gasteiger partial charge in [-0.05, 0) is 53.0 Å². The summed E-state index contributed by atoms with van der Waals surface area (Å²) in [6, 6.07) is 8.76. The van der Waals surface area contributed by atoms with Crippen molar-refractivity contribution in [2.24, 2.45) is 5.92 Å². The van der Waals surface area contributed by atoms with Crippen molar-refractivity contribution in [1.82, 2.24) is 15.5 Å². The second kappa shape index (κ2) is 11.0. The lowest BCUT2D eigenvalue weighted by atomic mass is 9.98. The number of rotatable bonds is 7. The molecule has 0 heterocycles. The van der Waals surface area contributed by atoms with E-state index in [1.54, 1.807) is 65.0 Å². The first-order valence-electron chi connectivity index (χ1n) is 10.7. The van der Waals surface area contributed by atoms with Crippen molar-refractivity contribution in [2.75, 3.05) is 6.54 Å². The highest BCUT2D eigenvalue weighted by atomic mass is 16.6. The summed E-state index contributed by atoms with van der Waals surface area (Å²) >= 11 is 0. The van der Waals surface area contributed by atoms with E-state index in [-0.39, 0.29) is 12.5 Å². The summed E-state index contributed by atoms with van der Waals surface area (Å²) in [5.74, 6) is -1.25. The summed E-state index contributed by atoms with van der Waals surface area (Å²) < 4.78 is 5.30. The fourth-order valence-electron chi connectivity index (χ4n) is 3.05. The van der Waals surface area contributed by atoms with E-state index in [0.29, 0.717) is 5.56 Å². The Morgan fingerprint density at radius 1 is 1.06 bits per heavy atom. The highest BCUT2D eigenvalue weighted by Crippen LogP contribution is 2.24. The van der Waals surface area contributed by atoms with Crippen LogP contribution in [0.4, 0.5) is 4.79 Å². The van der Waals surface area contributed by atoms with Crippen LogP contribution in [0.2, 0.25) is 0 Å². The van der Waals surface area contributed by atoms with Crippen LogP contribution in [0.25, 0.3) is 0 Å². The fraction of sp³-hybridized carbons (Fsp3) is 0.583. The van der Waals surface area contributed by atoms with Gasteiger partial charge in [-0.25, -0.2) is 4.79 Å². The van der Waals surface area contributed by atoms with Crippen LogP contribution < -0.4 is 10.6 Å². The molecule has 2 atom stereocenters. The first-order valence-corrected chi connectivity index (χ1v) is 10.7. The Bertz CT molecular complexity index is 832. The molecule has 0 aliphatic carbocycles. The molecule has 0 aromatic heterocycles. The molecule has 32 heavy (non-hydrogen) atoms. The fourth-order valence-corrected chi connectivity index (χ4v) is 3.05. The van der Waals surface area contributed by atoms with Gasteiger partial charge in [0, 0.05) is 5.54 Å². The monoisotopic (exact) mass is 444 g/mol. The minimum atomic E-state index is -1.04. The maximum absolute atomic E-state index is 13.6. The van der Waals surface area contributed by atoms with E-state index >= 15 is 0 Å². The number of hydrogen-bond acceptors (Lipinski definition) is 5. The van der Waals surface area contributed by atoms with Crippen LogP contribution in [0.3, 0.4) is 0 Å². The molecule has 0 fully saturated rings. The first kappa shape index (κ1) is 27.0. The number of ether oxygens (including phenoxy) is 1. The highest BCUT2D eigenvalue weighted by Gasteiger charge is 2.38. The summed E-state index contributed by atoms with van der Waals surface area (Å²) in [5.41, 5.74) is -0.713. The van der Waals surface area contributed by atoms with Crippen molar-refractivity contribution in [3.8, 4) is 6.07 Å². The summed E-state index contributed by atoms with van der Waals surface area (Å²) in [7, 11) is 0. The van der Waals surface area contributed by atoms with Gasteiger partial charge in [-0.15, -0.1) is 0 Å². The molecule has 0 radical (unpaired) electrons. The van der Waals surface area contributed by atoms with Crippen molar-refractivity contribution in [3.05, 3.63) is 35.9 Å². The zero-order valence-corrected chi connectivity index (χ0v) is 20.4. The minimum Gasteiger partial charge on any atom is -0.444 e. The summed E-state index contributed by atoms with van der Waals surface area (Å²) in [4.78, 5) is 40.4. The van der Waals surface area contributed by atoms with Crippen molar-refractivity contribution in [2.45, 2.75) is 78.6 Å². The van der Waals surface area contributed by atoms with E-state index in [1.165, 1.54) is 4.90 Å². The van der Waals surface area contributed by atoms with Gasteiger partial charge < -0.3 is 20.3 Å². The molecule has 0 aliphatic rings. The highest BCUT2D eigenvalue weighted by molar-refractivity contribution is 5.92. The third-order valence-electron chi connectivity index (χ3n) is 4.30. The van der Waals surface area contributed by atoms with Gasteiger partial charge in [0.15, 0.2) is 0 Å². The normalized spacial score (nSPS) is 13.5. The number of alkyl carbamates (subject to hydrolysis) is 1. The largest absolute Gasteiger partial charge is 0.444 e. The van der Waals surface area contributed by atoms with Crippen molar-refractivity contribution in [3.63, 3.8) is 0 Å². The Morgan fingerprint density at radius 2 is 1.62 bits per heavy atom. The molecular weight excluding hydrogens is 408 g/mol. The Balaban J connectivity index is 3.38. The molecular formula is C24H36N4O4. The third-order valence-corrected chi connectivity index (χ3v) is 4.30. The van der Waals surface area contributed by atoms with E-state index in [9.17, 15) is 19.6 Å². The van der Waals surface area contributed by atoms with Gasteiger partial charge in [0.25, 0.3) is 0 Å². The number of hydrogen-bond donors (Lipinski definition) is 2. The molecule has 0 aliphatic heterocycles. The molecule has 0 saturated heterocycles. The minimum absolute atomic E-state index is 0.307. The second-order valence-electron chi connectivity index (χ2n) is 10.0. The molecule has 1 rings (SSSR count). The maximum atomic E-state index is 13.6. The average Bonchev–Trinajstić information content (AvgIpc) is 2.63. The summed E-state index contributed by atoms with van der Waals surface area (Å²) in [5, 5.41) is 15.0. The molecule has 1 aromatic rings. The number of amides is 3. The molecule has 8 nitrogen and oxygen atoms in total.